The van der Waals surface area contributed by atoms with Crippen LogP contribution in [0, 0.1) is 11.8 Å². The molecule has 0 spiro atoms. The van der Waals surface area contributed by atoms with Crippen LogP contribution in [0.3, 0.4) is 0 Å². The van der Waals surface area contributed by atoms with Gasteiger partial charge in [-0.2, -0.15) is 0 Å². The standard InChI is InChI=1S/C17H24N2O2/c1-11(13-7-3-4-9-15(13)21-2)19-17(20)16-14-8-5-6-12(14)10-18-16/h3-4,7,9,11-12,14,16,18H,5-6,8,10H2,1-2H3,(H,19,20). The maximum atomic E-state index is 12.6. The molecule has 1 aromatic rings. The summed E-state index contributed by atoms with van der Waals surface area (Å²) in [5.41, 5.74) is 1.02. The van der Waals surface area contributed by atoms with E-state index < -0.39 is 0 Å². The Hall–Kier alpha value is -1.55. The summed E-state index contributed by atoms with van der Waals surface area (Å²) in [6, 6.07) is 7.79. The molecule has 2 N–H and O–H groups in total. The second-order valence-corrected chi connectivity index (χ2v) is 6.21. The molecular formula is C17H24N2O2. The van der Waals surface area contributed by atoms with Crippen molar-refractivity contribution in [3.63, 3.8) is 0 Å². The Balaban J connectivity index is 1.67. The van der Waals surface area contributed by atoms with E-state index in [2.05, 4.69) is 10.6 Å². The van der Waals surface area contributed by atoms with E-state index in [1.807, 2.05) is 31.2 Å². The van der Waals surface area contributed by atoms with Crippen LogP contribution in [0.25, 0.3) is 0 Å². The Kier molecular flexibility index (Phi) is 4.15. The molecule has 2 aliphatic rings. The summed E-state index contributed by atoms with van der Waals surface area (Å²) in [7, 11) is 1.66. The third kappa shape index (κ3) is 2.77. The van der Waals surface area contributed by atoms with Crippen LogP contribution in [0.1, 0.15) is 37.8 Å². The van der Waals surface area contributed by atoms with Gasteiger partial charge in [0.2, 0.25) is 5.91 Å². The highest BCUT2D eigenvalue weighted by Crippen LogP contribution is 2.38. The number of hydrogen-bond acceptors (Lipinski definition) is 3. The van der Waals surface area contributed by atoms with Gasteiger partial charge in [0.25, 0.3) is 0 Å². The average molecular weight is 288 g/mol. The Morgan fingerprint density at radius 2 is 2.19 bits per heavy atom. The maximum absolute atomic E-state index is 12.6. The number of ether oxygens (including phenoxy) is 1. The SMILES string of the molecule is COc1ccccc1C(C)NC(=O)C1NCC2CCCC21. The summed E-state index contributed by atoms with van der Waals surface area (Å²) in [6.45, 7) is 3.00. The number of para-hydroxylation sites is 1. The van der Waals surface area contributed by atoms with Crippen LogP contribution in [0.2, 0.25) is 0 Å². The summed E-state index contributed by atoms with van der Waals surface area (Å²) in [5.74, 6) is 2.17. The number of hydrogen-bond donors (Lipinski definition) is 2. The number of carbonyl (C=O) groups excluding carboxylic acids is 1. The van der Waals surface area contributed by atoms with E-state index in [-0.39, 0.29) is 18.0 Å². The average Bonchev–Trinajstić information content (AvgIpc) is 3.09. The zero-order valence-corrected chi connectivity index (χ0v) is 12.8. The van der Waals surface area contributed by atoms with Crippen LogP contribution in [0.15, 0.2) is 24.3 Å². The second kappa shape index (κ2) is 6.06. The number of nitrogens with one attached hydrogen (secondary N) is 2. The fraction of sp³-hybridized carbons (Fsp3) is 0.588. The van der Waals surface area contributed by atoms with Crippen molar-refractivity contribution < 1.29 is 9.53 Å². The minimum atomic E-state index is -0.0455. The topological polar surface area (TPSA) is 50.4 Å². The quantitative estimate of drug-likeness (QED) is 0.893. The van der Waals surface area contributed by atoms with Gasteiger partial charge >= 0.3 is 0 Å². The summed E-state index contributed by atoms with van der Waals surface area (Å²) in [4.78, 5) is 12.6. The molecule has 114 valence electrons. The van der Waals surface area contributed by atoms with Crippen LogP contribution in [-0.2, 0) is 4.79 Å². The lowest BCUT2D eigenvalue weighted by atomic mass is 9.93. The van der Waals surface area contributed by atoms with Crippen molar-refractivity contribution >= 4 is 5.91 Å². The molecule has 1 aromatic carbocycles. The maximum Gasteiger partial charge on any atom is 0.237 e. The van der Waals surface area contributed by atoms with Crippen LogP contribution in [-0.4, -0.2) is 25.6 Å². The summed E-state index contributed by atoms with van der Waals surface area (Å²) < 4.78 is 5.38. The van der Waals surface area contributed by atoms with Crippen molar-refractivity contribution in [3.05, 3.63) is 29.8 Å². The number of benzene rings is 1. The Bertz CT molecular complexity index is 517. The zero-order valence-electron chi connectivity index (χ0n) is 12.8. The molecule has 3 rings (SSSR count). The molecule has 1 amide bonds. The van der Waals surface area contributed by atoms with Gasteiger partial charge in [0.15, 0.2) is 0 Å². The molecule has 0 aromatic heterocycles. The van der Waals surface area contributed by atoms with Crippen molar-refractivity contribution in [3.8, 4) is 5.75 Å². The van der Waals surface area contributed by atoms with Gasteiger partial charge in [0, 0.05) is 5.56 Å². The largest absolute Gasteiger partial charge is 0.496 e. The van der Waals surface area contributed by atoms with Crippen LogP contribution < -0.4 is 15.4 Å². The van der Waals surface area contributed by atoms with Gasteiger partial charge in [-0.15, -0.1) is 0 Å². The predicted molar refractivity (Wildman–Crippen MR) is 82.2 cm³/mol. The van der Waals surface area contributed by atoms with Crippen LogP contribution in [0.5, 0.6) is 5.75 Å². The van der Waals surface area contributed by atoms with E-state index in [0.717, 1.165) is 17.9 Å². The molecule has 1 saturated heterocycles. The molecule has 1 aliphatic heterocycles. The monoisotopic (exact) mass is 288 g/mol. The van der Waals surface area contributed by atoms with E-state index in [4.69, 9.17) is 4.74 Å². The van der Waals surface area contributed by atoms with E-state index in [1.54, 1.807) is 7.11 Å². The molecule has 4 nitrogen and oxygen atoms in total. The molecule has 1 saturated carbocycles. The van der Waals surface area contributed by atoms with Crippen LogP contribution >= 0.6 is 0 Å². The number of methoxy groups -OCH3 is 1. The van der Waals surface area contributed by atoms with Crippen molar-refractivity contribution in [1.82, 2.24) is 10.6 Å². The summed E-state index contributed by atoms with van der Waals surface area (Å²) in [5, 5.41) is 6.54. The number of rotatable bonds is 4. The minimum Gasteiger partial charge on any atom is -0.496 e. The van der Waals surface area contributed by atoms with Gasteiger partial charge in [0.05, 0.1) is 19.2 Å². The molecular weight excluding hydrogens is 264 g/mol. The fourth-order valence-electron chi connectivity index (χ4n) is 3.88. The van der Waals surface area contributed by atoms with Crippen LogP contribution in [0.4, 0.5) is 0 Å². The first kappa shape index (κ1) is 14.4. The first-order valence-corrected chi connectivity index (χ1v) is 7.87. The van der Waals surface area contributed by atoms with Crippen molar-refractivity contribution in [2.45, 2.75) is 38.3 Å². The summed E-state index contributed by atoms with van der Waals surface area (Å²) in [6.07, 6.45) is 3.71. The van der Waals surface area contributed by atoms with Gasteiger partial charge in [0.1, 0.15) is 5.75 Å². The normalized spacial score (nSPS) is 29.0. The van der Waals surface area contributed by atoms with Gasteiger partial charge in [-0.25, -0.2) is 0 Å². The first-order chi connectivity index (χ1) is 10.2. The smallest absolute Gasteiger partial charge is 0.237 e. The molecule has 4 unspecified atom stereocenters. The Morgan fingerprint density at radius 1 is 1.38 bits per heavy atom. The minimum absolute atomic E-state index is 0.0188. The lowest BCUT2D eigenvalue weighted by Crippen LogP contribution is -2.44. The van der Waals surface area contributed by atoms with Crippen molar-refractivity contribution in [2.75, 3.05) is 13.7 Å². The number of fused-ring (bicyclic) bond motifs is 1. The second-order valence-electron chi connectivity index (χ2n) is 6.21. The lowest BCUT2D eigenvalue weighted by Gasteiger charge is -2.22. The molecule has 1 aliphatic carbocycles. The molecule has 1 heterocycles. The van der Waals surface area contributed by atoms with Gasteiger partial charge < -0.3 is 15.4 Å². The molecule has 4 atom stereocenters. The third-order valence-corrected chi connectivity index (χ3v) is 4.99. The van der Waals surface area contributed by atoms with E-state index in [1.165, 1.54) is 19.3 Å². The summed E-state index contributed by atoms with van der Waals surface area (Å²) >= 11 is 0. The van der Waals surface area contributed by atoms with Gasteiger partial charge in [-0.1, -0.05) is 24.6 Å². The van der Waals surface area contributed by atoms with Gasteiger partial charge in [-0.05, 0) is 44.2 Å². The lowest BCUT2D eigenvalue weighted by molar-refractivity contribution is -0.124. The highest BCUT2D eigenvalue weighted by atomic mass is 16.5. The van der Waals surface area contributed by atoms with E-state index in [0.29, 0.717) is 11.8 Å². The van der Waals surface area contributed by atoms with Gasteiger partial charge in [-0.3, -0.25) is 4.79 Å². The molecule has 21 heavy (non-hydrogen) atoms. The van der Waals surface area contributed by atoms with E-state index in [9.17, 15) is 4.79 Å². The van der Waals surface area contributed by atoms with Crippen molar-refractivity contribution in [2.24, 2.45) is 11.8 Å². The molecule has 2 fully saturated rings. The highest BCUT2D eigenvalue weighted by molar-refractivity contribution is 5.83. The Labute approximate surface area is 126 Å². The Morgan fingerprint density at radius 3 is 3.00 bits per heavy atom. The highest BCUT2D eigenvalue weighted by Gasteiger charge is 2.42. The zero-order chi connectivity index (χ0) is 14.8. The third-order valence-electron chi connectivity index (χ3n) is 4.99. The molecule has 0 bridgehead atoms. The molecule has 0 radical (unpaired) electrons. The van der Waals surface area contributed by atoms with E-state index >= 15 is 0 Å². The van der Waals surface area contributed by atoms with Crippen molar-refractivity contribution in [1.29, 1.82) is 0 Å². The predicted octanol–water partition coefficient (Wildman–Crippen LogP) is 2.26. The fourth-order valence-corrected chi connectivity index (χ4v) is 3.88. The number of carbonyl (C=O) groups is 1. The molecule has 4 heteroatoms. The first-order valence-electron chi connectivity index (χ1n) is 7.87. The number of amides is 1.